The van der Waals surface area contributed by atoms with Crippen LogP contribution in [0, 0.1) is 18.4 Å². The Morgan fingerprint density at radius 2 is 1.82 bits per heavy atom. The molecule has 0 amide bonds. The molecule has 0 N–H and O–H groups in total. The van der Waals surface area contributed by atoms with Gasteiger partial charge in [-0.25, -0.2) is 0 Å². The van der Waals surface area contributed by atoms with Crippen molar-refractivity contribution >= 4 is 8.07 Å². The van der Waals surface area contributed by atoms with Gasteiger partial charge < -0.3 is 4.74 Å². The van der Waals surface area contributed by atoms with Crippen molar-refractivity contribution in [3.8, 4) is 17.2 Å². The Labute approximate surface area is 167 Å². The number of ether oxygens (including phenoxy) is 1. The first kappa shape index (κ1) is 18.7. The Kier molecular flexibility index (Phi) is 4.92. The molecule has 0 radical (unpaired) electrons. The maximum atomic E-state index is 5.98. The van der Waals surface area contributed by atoms with Gasteiger partial charge in [-0.15, -0.1) is 15.7 Å². The number of benzene rings is 2. The van der Waals surface area contributed by atoms with Crippen molar-refractivity contribution in [2.24, 2.45) is 0 Å². The molecule has 0 aliphatic carbocycles. The molecule has 4 rings (SSSR count). The summed E-state index contributed by atoms with van der Waals surface area (Å²) >= 11 is 0. The average Bonchev–Trinajstić information content (AvgIpc) is 2.91. The van der Waals surface area contributed by atoms with Gasteiger partial charge in [0.1, 0.15) is 20.5 Å². The lowest BCUT2D eigenvalue weighted by atomic mass is 9.93. The zero-order valence-corrected chi connectivity index (χ0v) is 17.9. The van der Waals surface area contributed by atoms with Crippen LogP contribution >= 0.6 is 0 Å². The summed E-state index contributed by atoms with van der Waals surface area (Å²) < 4.78 is 8.09. The Morgan fingerprint density at radius 3 is 2.57 bits per heavy atom. The van der Waals surface area contributed by atoms with Crippen LogP contribution in [0.3, 0.4) is 0 Å². The molecule has 0 saturated carbocycles. The maximum Gasteiger partial charge on any atom is 0.163 e. The Balaban J connectivity index is 1.91. The molecule has 0 fully saturated rings. The Morgan fingerprint density at radius 1 is 1.04 bits per heavy atom. The van der Waals surface area contributed by atoms with Crippen molar-refractivity contribution in [2.75, 3.05) is 0 Å². The molecule has 4 nitrogen and oxygen atoms in total. The number of aryl methyl sites for hydroxylation is 1. The largest absolute Gasteiger partial charge is 0.369 e. The quantitative estimate of drug-likeness (QED) is 0.482. The molecule has 0 spiro atoms. The van der Waals surface area contributed by atoms with Crippen molar-refractivity contribution < 1.29 is 4.74 Å². The van der Waals surface area contributed by atoms with E-state index in [1.165, 1.54) is 16.7 Å². The van der Waals surface area contributed by atoms with Crippen molar-refractivity contribution in [1.29, 1.82) is 0 Å². The van der Waals surface area contributed by atoms with Gasteiger partial charge in [0.15, 0.2) is 5.82 Å². The summed E-state index contributed by atoms with van der Waals surface area (Å²) in [7, 11) is -1.47. The minimum atomic E-state index is -1.47. The molecule has 142 valence electrons. The maximum absolute atomic E-state index is 5.98. The number of hydrogen-bond acceptors (Lipinski definition) is 3. The first-order valence-electron chi connectivity index (χ1n) is 9.63. The molecule has 3 aromatic rings. The standard InChI is InChI=1S/C23H25N3OSi/c1-17-24-25-23-16-27-15-21-20(14-18-8-6-5-7-9-18)19(12-13-28(2,3)4)10-11-22(21)26(17)23/h5-11H,14-16H2,1-4H3. The first-order valence-corrected chi connectivity index (χ1v) is 13.1. The van der Waals surface area contributed by atoms with Crippen molar-refractivity contribution in [3.63, 3.8) is 0 Å². The molecular weight excluding hydrogens is 362 g/mol. The van der Waals surface area contributed by atoms with Gasteiger partial charge in [0.05, 0.1) is 12.3 Å². The molecule has 1 aliphatic rings. The topological polar surface area (TPSA) is 39.9 Å². The smallest absolute Gasteiger partial charge is 0.163 e. The molecular formula is C23H25N3OSi. The molecule has 1 aliphatic heterocycles. The zero-order valence-electron chi connectivity index (χ0n) is 16.9. The fraction of sp³-hybridized carbons (Fsp3) is 0.304. The second-order valence-corrected chi connectivity index (χ2v) is 13.0. The van der Waals surface area contributed by atoms with Crippen LogP contribution in [0.5, 0.6) is 0 Å². The van der Waals surface area contributed by atoms with Crippen LogP contribution in [-0.4, -0.2) is 22.8 Å². The highest BCUT2D eigenvalue weighted by molar-refractivity contribution is 6.83. The van der Waals surface area contributed by atoms with Gasteiger partial charge in [0.25, 0.3) is 0 Å². The number of rotatable bonds is 2. The van der Waals surface area contributed by atoms with Crippen LogP contribution in [0.25, 0.3) is 5.69 Å². The van der Waals surface area contributed by atoms with Gasteiger partial charge >= 0.3 is 0 Å². The van der Waals surface area contributed by atoms with E-state index in [9.17, 15) is 0 Å². The second-order valence-electron chi connectivity index (χ2n) is 8.24. The normalized spacial score (nSPS) is 13.1. The van der Waals surface area contributed by atoms with E-state index < -0.39 is 8.07 Å². The predicted octanol–water partition coefficient (Wildman–Crippen LogP) is 4.43. The lowest BCUT2D eigenvalue weighted by Crippen LogP contribution is -2.16. The van der Waals surface area contributed by atoms with E-state index in [1.807, 2.05) is 6.92 Å². The van der Waals surface area contributed by atoms with Crippen LogP contribution in [0.1, 0.15) is 33.9 Å². The van der Waals surface area contributed by atoms with Gasteiger partial charge in [-0.2, -0.15) is 0 Å². The molecule has 1 aromatic heterocycles. The highest BCUT2D eigenvalue weighted by Gasteiger charge is 2.22. The lowest BCUT2D eigenvalue weighted by Gasteiger charge is -2.17. The Hall–Kier alpha value is -2.68. The molecule has 0 bridgehead atoms. The van der Waals surface area contributed by atoms with E-state index in [1.54, 1.807) is 0 Å². The van der Waals surface area contributed by atoms with Crippen LogP contribution in [0.2, 0.25) is 19.6 Å². The zero-order chi connectivity index (χ0) is 19.7. The number of nitrogens with zero attached hydrogens (tertiary/aromatic N) is 3. The van der Waals surface area contributed by atoms with E-state index in [4.69, 9.17) is 4.74 Å². The van der Waals surface area contributed by atoms with Gasteiger partial charge in [0, 0.05) is 11.1 Å². The molecule has 0 atom stereocenters. The summed E-state index contributed by atoms with van der Waals surface area (Å²) in [6, 6.07) is 14.9. The molecule has 28 heavy (non-hydrogen) atoms. The van der Waals surface area contributed by atoms with Crippen molar-refractivity contribution in [2.45, 2.75) is 46.2 Å². The third-order valence-corrected chi connectivity index (χ3v) is 5.69. The van der Waals surface area contributed by atoms with E-state index >= 15 is 0 Å². The Bertz CT molecular complexity index is 1070. The van der Waals surface area contributed by atoms with E-state index in [-0.39, 0.29) is 0 Å². The lowest BCUT2D eigenvalue weighted by molar-refractivity contribution is 0.104. The van der Waals surface area contributed by atoms with Crippen LogP contribution in [0.15, 0.2) is 42.5 Å². The monoisotopic (exact) mass is 387 g/mol. The minimum Gasteiger partial charge on any atom is -0.369 e. The first-order chi connectivity index (χ1) is 13.4. The summed E-state index contributed by atoms with van der Waals surface area (Å²) in [6.07, 6.45) is 0.833. The SMILES string of the molecule is Cc1nnc2n1-c1ccc(C#C[Si](C)(C)C)c(Cc3ccccc3)c1COC2. The van der Waals surface area contributed by atoms with Crippen molar-refractivity contribution in [1.82, 2.24) is 14.8 Å². The number of hydrogen-bond donors (Lipinski definition) is 0. The van der Waals surface area contributed by atoms with E-state index in [0.717, 1.165) is 29.3 Å². The third-order valence-electron chi connectivity index (χ3n) is 4.81. The third kappa shape index (κ3) is 3.80. The molecule has 0 saturated heterocycles. The molecule has 2 aromatic carbocycles. The number of fused-ring (bicyclic) bond motifs is 3. The summed E-state index contributed by atoms with van der Waals surface area (Å²) in [5.41, 5.74) is 9.45. The van der Waals surface area contributed by atoms with E-state index in [0.29, 0.717) is 13.2 Å². The van der Waals surface area contributed by atoms with Crippen LogP contribution in [-0.2, 0) is 24.4 Å². The second kappa shape index (κ2) is 7.38. The minimum absolute atomic E-state index is 0.468. The van der Waals surface area contributed by atoms with Crippen LogP contribution in [0.4, 0.5) is 0 Å². The van der Waals surface area contributed by atoms with Gasteiger partial charge in [0.2, 0.25) is 0 Å². The van der Waals surface area contributed by atoms with Crippen LogP contribution < -0.4 is 0 Å². The summed E-state index contributed by atoms with van der Waals surface area (Å²) in [5.74, 6) is 5.22. The number of aromatic nitrogens is 3. The highest BCUT2D eigenvalue weighted by atomic mass is 28.3. The van der Waals surface area contributed by atoms with E-state index in [2.05, 4.69) is 88.3 Å². The van der Waals surface area contributed by atoms with Gasteiger partial charge in [-0.3, -0.25) is 4.57 Å². The predicted molar refractivity (Wildman–Crippen MR) is 114 cm³/mol. The van der Waals surface area contributed by atoms with Gasteiger partial charge in [-0.1, -0.05) is 55.9 Å². The van der Waals surface area contributed by atoms with Gasteiger partial charge in [-0.05, 0) is 36.6 Å². The summed E-state index contributed by atoms with van der Waals surface area (Å²) in [5, 5.41) is 8.54. The fourth-order valence-electron chi connectivity index (χ4n) is 3.48. The molecule has 0 unspecified atom stereocenters. The summed E-state index contributed by atoms with van der Waals surface area (Å²) in [4.78, 5) is 0. The average molecular weight is 388 g/mol. The molecule has 2 heterocycles. The highest BCUT2D eigenvalue weighted by Crippen LogP contribution is 2.30. The molecule has 5 heteroatoms. The fourth-order valence-corrected chi connectivity index (χ4v) is 3.99. The van der Waals surface area contributed by atoms with Crippen molar-refractivity contribution in [3.05, 3.63) is 76.4 Å². The summed E-state index contributed by atoms with van der Waals surface area (Å²) in [6.45, 7) is 9.84.